The zero-order valence-electron chi connectivity index (χ0n) is 7.90. The van der Waals surface area contributed by atoms with E-state index in [1.165, 1.54) is 11.3 Å². The van der Waals surface area contributed by atoms with E-state index >= 15 is 0 Å². The summed E-state index contributed by atoms with van der Waals surface area (Å²) in [5, 5.41) is 3.02. The monoisotopic (exact) mass is 226 g/mol. The molecule has 0 saturated carbocycles. The van der Waals surface area contributed by atoms with Crippen molar-refractivity contribution in [2.75, 3.05) is 0 Å². The molecule has 5 heteroatoms. The number of nitrogens with zero attached hydrogens (tertiary/aromatic N) is 1. The summed E-state index contributed by atoms with van der Waals surface area (Å²) in [4.78, 5) is 18.7. The Labute approximate surface area is 89.6 Å². The summed E-state index contributed by atoms with van der Waals surface area (Å²) in [6, 6.07) is 1.87. The van der Waals surface area contributed by atoms with E-state index in [4.69, 9.17) is 0 Å². The zero-order valence-corrected chi connectivity index (χ0v) is 9.54. The highest BCUT2D eigenvalue weighted by Crippen LogP contribution is 2.21. The third kappa shape index (κ3) is 1.83. The van der Waals surface area contributed by atoms with Crippen LogP contribution in [0, 0.1) is 0 Å². The smallest absolute Gasteiger partial charge is 0.269 e. The van der Waals surface area contributed by atoms with E-state index in [1.807, 2.05) is 11.4 Å². The molecule has 0 aliphatic carbocycles. The van der Waals surface area contributed by atoms with Gasteiger partial charge in [-0.25, -0.2) is 4.98 Å². The molecule has 0 fully saturated rings. The predicted molar refractivity (Wildman–Crippen MR) is 61.2 cm³/mol. The first-order valence-corrected chi connectivity index (χ1v) is 6.07. The van der Waals surface area contributed by atoms with Crippen LogP contribution in [0.1, 0.15) is 13.8 Å². The highest BCUT2D eigenvalue weighted by Gasteiger charge is 2.06. The van der Waals surface area contributed by atoms with Crippen LogP contribution in [0.25, 0.3) is 10.2 Å². The van der Waals surface area contributed by atoms with Crippen LogP contribution >= 0.6 is 23.1 Å². The van der Waals surface area contributed by atoms with Crippen molar-refractivity contribution in [1.29, 1.82) is 0 Å². The van der Waals surface area contributed by atoms with Crippen LogP contribution in [0.15, 0.2) is 21.4 Å². The summed E-state index contributed by atoms with van der Waals surface area (Å²) < 4.78 is 0.707. The second-order valence-electron chi connectivity index (χ2n) is 3.17. The van der Waals surface area contributed by atoms with E-state index in [1.54, 1.807) is 11.8 Å². The molecule has 1 N–H and O–H groups in total. The lowest BCUT2D eigenvalue weighted by Crippen LogP contribution is -2.07. The van der Waals surface area contributed by atoms with Crippen LogP contribution < -0.4 is 5.56 Å². The highest BCUT2D eigenvalue weighted by molar-refractivity contribution is 7.99. The van der Waals surface area contributed by atoms with Crippen LogP contribution in [0.5, 0.6) is 0 Å². The van der Waals surface area contributed by atoms with Crippen LogP contribution in [-0.2, 0) is 0 Å². The molecule has 2 aromatic rings. The summed E-state index contributed by atoms with van der Waals surface area (Å²) in [6.07, 6.45) is 0. The van der Waals surface area contributed by atoms with Gasteiger partial charge in [-0.1, -0.05) is 25.6 Å². The first-order chi connectivity index (χ1) is 6.66. The summed E-state index contributed by atoms with van der Waals surface area (Å²) >= 11 is 2.99. The zero-order chi connectivity index (χ0) is 10.1. The molecule has 0 aliphatic rings. The Balaban J connectivity index is 2.53. The summed E-state index contributed by atoms with van der Waals surface area (Å²) in [5.74, 6) is 0. The van der Waals surface area contributed by atoms with Crippen LogP contribution in [0.3, 0.4) is 0 Å². The molecule has 0 saturated heterocycles. The summed E-state index contributed by atoms with van der Waals surface area (Å²) in [6.45, 7) is 4.14. The van der Waals surface area contributed by atoms with Gasteiger partial charge in [-0.2, -0.15) is 0 Å². The fourth-order valence-electron chi connectivity index (χ4n) is 1.13. The van der Waals surface area contributed by atoms with Gasteiger partial charge in [0.1, 0.15) is 4.70 Å². The number of thioether (sulfide) groups is 1. The maximum Gasteiger partial charge on any atom is 0.269 e. The van der Waals surface area contributed by atoms with Gasteiger partial charge >= 0.3 is 0 Å². The Morgan fingerprint density at radius 3 is 3.07 bits per heavy atom. The highest BCUT2D eigenvalue weighted by atomic mass is 32.2. The normalized spacial score (nSPS) is 11.4. The number of fused-ring (bicyclic) bond motifs is 1. The largest absolute Gasteiger partial charge is 0.300 e. The molecule has 2 aromatic heterocycles. The van der Waals surface area contributed by atoms with Crippen molar-refractivity contribution < 1.29 is 0 Å². The number of aromatic nitrogens is 2. The third-order valence-corrected chi connectivity index (χ3v) is 3.43. The van der Waals surface area contributed by atoms with Crippen LogP contribution in [-0.4, -0.2) is 15.2 Å². The molecule has 2 rings (SSSR count). The van der Waals surface area contributed by atoms with Crippen molar-refractivity contribution in [3.63, 3.8) is 0 Å². The predicted octanol–water partition coefficient (Wildman–Crippen LogP) is 2.49. The van der Waals surface area contributed by atoms with E-state index in [2.05, 4.69) is 23.8 Å². The molecule has 74 valence electrons. The molecule has 14 heavy (non-hydrogen) atoms. The molecule has 0 unspecified atom stereocenters. The molecule has 0 amide bonds. The number of hydrogen-bond acceptors (Lipinski definition) is 4. The van der Waals surface area contributed by atoms with Crippen molar-refractivity contribution in [1.82, 2.24) is 9.97 Å². The van der Waals surface area contributed by atoms with Crippen molar-refractivity contribution >= 4 is 33.3 Å². The Morgan fingerprint density at radius 1 is 1.57 bits per heavy atom. The quantitative estimate of drug-likeness (QED) is 0.632. The lowest BCUT2D eigenvalue weighted by atomic mass is 10.5. The van der Waals surface area contributed by atoms with Crippen molar-refractivity contribution in [3.8, 4) is 0 Å². The van der Waals surface area contributed by atoms with Gasteiger partial charge in [0.2, 0.25) is 0 Å². The Hall–Kier alpha value is -0.810. The topological polar surface area (TPSA) is 45.8 Å². The van der Waals surface area contributed by atoms with Crippen molar-refractivity contribution in [2.45, 2.75) is 24.3 Å². The molecule has 0 spiro atoms. The molecule has 0 radical (unpaired) electrons. The number of thiophene rings is 1. The minimum atomic E-state index is -0.0341. The second kappa shape index (κ2) is 3.74. The average molecular weight is 226 g/mol. The van der Waals surface area contributed by atoms with Gasteiger partial charge in [-0.15, -0.1) is 11.3 Å². The molecule has 0 aliphatic heterocycles. The standard InChI is InChI=1S/C9H10N2OS2/c1-5(2)14-9-10-6-3-4-13-7(6)8(12)11-9/h3-5H,1-2H3,(H,10,11,12). The van der Waals surface area contributed by atoms with Crippen molar-refractivity contribution in [3.05, 3.63) is 21.8 Å². The first-order valence-electron chi connectivity index (χ1n) is 4.31. The van der Waals surface area contributed by atoms with Gasteiger partial charge in [0.15, 0.2) is 5.16 Å². The van der Waals surface area contributed by atoms with Gasteiger partial charge in [0, 0.05) is 5.25 Å². The number of H-pyrrole nitrogens is 1. The number of aromatic amines is 1. The van der Waals surface area contributed by atoms with Gasteiger partial charge in [-0.3, -0.25) is 4.79 Å². The average Bonchev–Trinajstić information content (AvgIpc) is 2.50. The molecule has 2 heterocycles. The Morgan fingerprint density at radius 2 is 2.36 bits per heavy atom. The van der Waals surface area contributed by atoms with E-state index in [9.17, 15) is 4.79 Å². The second-order valence-corrected chi connectivity index (χ2v) is 5.65. The van der Waals surface area contributed by atoms with Crippen LogP contribution in [0.2, 0.25) is 0 Å². The maximum absolute atomic E-state index is 11.5. The lowest BCUT2D eigenvalue weighted by molar-refractivity contribution is 0.964. The van der Waals surface area contributed by atoms with E-state index in [0.29, 0.717) is 15.1 Å². The van der Waals surface area contributed by atoms with E-state index < -0.39 is 0 Å². The lowest BCUT2D eigenvalue weighted by Gasteiger charge is -2.02. The number of nitrogens with one attached hydrogen (secondary N) is 1. The molecule has 3 nitrogen and oxygen atoms in total. The Kier molecular flexibility index (Phi) is 2.60. The van der Waals surface area contributed by atoms with Gasteiger partial charge in [0.05, 0.1) is 5.52 Å². The third-order valence-electron chi connectivity index (χ3n) is 1.64. The minimum Gasteiger partial charge on any atom is -0.300 e. The summed E-state index contributed by atoms with van der Waals surface area (Å²) in [5.41, 5.74) is 0.759. The molecule has 0 atom stereocenters. The molecule has 0 bridgehead atoms. The maximum atomic E-state index is 11.5. The molecule has 0 aromatic carbocycles. The SMILES string of the molecule is CC(C)Sc1nc2ccsc2c(=O)[nH]1. The minimum absolute atomic E-state index is 0.0341. The van der Waals surface area contributed by atoms with Gasteiger partial charge in [0.25, 0.3) is 5.56 Å². The first kappa shape index (κ1) is 9.73. The van der Waals surface area contributed by atoms with Gasteiger partial charge in [-0.05, 0) is 11.4 Å². The summed E-state index contributed by atoms with van der Waals surface area (Å²) in [7, 11) is 0. The number of rotatable bonds is 2. The molecular formula is C9H10N2OS2. The van der Waals surface area contributed by atoms with Crippen molar-refractivity contribution in [2.24, 2.45) is 0 Å². The van der Waals surface area contributed by atoms with E-state index in [0.717, 1.165) is 5.52 Å². The van der Waals surface area contributed by atoms with Gasteiger partial charge < -0.3 is 4.98 Å². The van der Waals surface area contributed by atoms with E-state index in [-0.39, 0.29) is 5.56 Å². The Bertz CT molecular complexity index is 501. The fourth-order valence-corrected chi connectivity index (χ4v) is 2.61. The fraction of sp³-hybridized carbons (Fsp3) is 0.333. The van der Waals surface area contributed by atoms with Crippen LogP contribution in [0.4, 0.5) is 0 Å². The molecular weight excluding hydrogens is 216 g/mol. The number of hydrogen-bond donors (Lipinski definition) is 1.